The van der Waals surface area contributed by atoms with Crippen LogP contribution in [0, 0.1) is 11.8 Å². The minimum Gasteiger partial charge on any atom is -0.475 e. The number of carbonyl (C=O) groups is 1. The van der Waals surface area contributed by atoms with E-state index in [2.05, 4.69) is 26.7 Å². The first-order chi connectivity index (χ1) is 16.0. The lowest BCUT2D eigenvalue weighted by Gasteiger charge is -2.27. The Morgan fingerprint density at radius 2 is 1.85 bits per heavy atom. The number of carboxylic acid groups (broad SMARTS) is 1. The topological polar surface area (TPSA) is 134 Å². The van der Waals surface area contributed by atoms with E-state index in [0.717, 1.165) is 31.9 Å². The molecule has 1 saturated heterocycles. The molecule has 3 heterocycles. The van der Waals surface area contributed by atoms with Gasteiger partial charge < -0.3 is 20.2 Å². The molecule has 3 N–H and O–H groups in total. The van der Waals surface area contributed by atoms with Gasteiger partial charge in [-0.05, 0) is 26.2 Å². The highest BCUT2D eigenvalue weighted by Crippen LogP contribution is 2.24. The molecule has 1 unspecified atom stereocenters. The van der Waals surface area contributed by atoms with E-state index in [1.807, 2.05) is 4.57 Å². The second-order valence-corrected chi connectivity index (χ2v) is 8.34. The number of alkyl halides is 3. The molecule has 2 aromatic rings. The molecule has 0 radical (unpaired) electrons. The minimum absolute atomic E-state index is 0.186. The van der Waals surface area contributed by atoms with E-state index >= 15 is 0 Å². The zero-order valence-corrected chi connectivity index (χ0v) is 19.5. The van der Waals surface area contributed by atoms with Crippen LogP contribution in [0.25, 0.3) is 11.2 Å². The number of nitrogens with zero attached hydrogens (tertiary/aromatic N) is 5. The number of aliphatic carboxylic acids is 1. The largest absolute Gasteiger partial charge is 0.490 e. The Kier molecular flexibility index (Phi) is 9.77. The standard InChI is InChI=1S/C18H25N5O3S.C2HF3O2/c1-3-4-10-23-14-15(19-17(23)22-8-6-5-7-9-22)20-18(21(2)16(14)26)27-12-13(25)11-24;3-2(4,5)1(6)7/h13,24-25H,5-12H2,1-2H3;(H,6,7). The number of halogens is 3. The summed E-state index contributed by atoms with van der Waals surface area (Å²) in [6.07, 6.45) is -2.52. The van der Waals surface area contributed by atoms with Crippen LogP contribution in [0.5, 0.6) is 0 Å². The molecule has 0 spiro atoms. The zero-order chi connectivity index (χ0) is 25.5. The van der Waals surface area contributed by atoms with Crippen LogP contribution >= 0.6 is 11.8 Å². The SMILES string of the molecule is CC#CCn1c(N2CCCCC2)nc2nc(SCC(O)CO)n(C)c(=O)c21.O=C(O)C(F)(F)F. The van der Waals surface area contributed by atoms with Crippen molar-refractivity contribution >= 4 is 34.8 Å². The maximum atomic E-state index is 13.0. The third kappa shape index (κ3) is 6.87. The summed E-state index contributed by atoms with van der Waals surface area (Å²) in [6.45, 7) is 3.66. The van der Waals surface area contributed by atoms with Crippen LogP contribution in [0.15, 0.2) is 9.95 Å². The number of aromatic nitrogens is 4. The van der Waals surface area contributed by atoms with Gasteiger partial charge in [0.25, 0.3) is 5.56 Å². The summed E-state index contributed by atoms with van der Waals surface area (Å²) >= 11 is 1.23. The van der Waals surface area contributed by atoms with E-state index in [9.17, 15) is 23.1 Å². The molecule has 0 saturated carbocycles. The molecule has 0 bridgehead atoms. The number of rotatable bonds is 6. The van der Waals surface area contributed by atoms with Gasteiger partial charge in [-0.15, -0.1) is 5.92 Å². The number of fused-ring (bicyclic) bond motifs is 1. The van der Waals surface area contributed by atoms with Gasteiger partial charge in [0.15, 0.2) is 16.3 Å². The smallest absolute Gasteiger partial charge is 0.475 e. The number of carboxylic acids is 1. The molecule has 1 aliphatic rings. The average Bonchev–Trinajstić information content (AvgIpc) is 3.17. The normalized spacial score (nSPS) is 14.7. The number of thioether (sulfide) groups is 1. The Morgan fingerprint density at radius 1 is 1.24 bits per heavy atom. The molecule has 0 aliphatic carbocycles. The fourth-order valence-electron chi connectivity index (χ4n) is 3.12. The van der Waals surface area contributed by atoms with Crippen molar-refractivity contribution < 1.29 is 33.3 Å². The van der Waals surface area contributed by atoms with Crippen LogP contribution in [0.4, 0.5) is 19.1 Å². The number of aliphatic hydroxyl groups is 2. The summed E-state index contributed by atoms with van der Waals surface area (Å²) in [5.41, 5.74) is 0.667. The lowest BCUT2D eigenvalue weighted by molar-refractivity contribution is -0.192. The molecular weight excluding hydrogens is 479 g/mol. The average molecular weight is 506 g/mol. The number of piperidine rings is 1. The predicted molar refractivity (Wildman–Crippen MR) is 120 cm³/mol. The van der Waals surface area contributed by atoms with Crippen LogP contribution in [0.1, 0.15) is 26.2 Å². The number of hydrogen-bond donors (Lipinski definition) is 3. The van der Waals surface area contributed by atoms with Gasteiger partial charge in [-0.1, -0.05) is 17.7 Å². The second-order valence-electron chi connectivity index (χ2n) is 7.35. The first kappa shape index (κ1) is 27.5. The predicted octanol–water partition coefficient (Wildman–Crippen LogP) is 1.22. The van der Waals surface area contributed by atoms with Gasteiger partial charge in [0.1, 0.15) is 0 Å². The van der Waals surface area contributed by atoms with Crippen LogP contribution in [-0.2, 0) is 18.4 Å². The summed E-state index contributed by atoms with van der Waals surface area (Å²) in [5, 5.41) is 26.2. The molecule has 188 valence electrons. The summed E-state index contributed by atoms with van der Waals surface area (Å²) in [7, 11) is 1.66. The quantitative estimate of drug-likeness (QED) is 0.301. The lowest BCUT2D eigenvalue weighted by atomic mass is 10.1. The zero-order valence-electron chi connectivity index (χ0n) is 18.7. The lowest BCUT2D eigenvalue weighted by Crippen LogP contribution is -2.32. The Hall–Kier alpha value is -2.76. The number of anilines is 1. The first-order valence-corrected chi connectivity index (χ1v) is 11.3. The summed E-state index contributed by atoms with van der Waals surface area (Å²) < 4.78 is 35.1. The third-order valence-electron chi connectivity index (χ3n) is 4.84. The van der Waals surface area contributed by atoms with Gasteiger partial charge in [0, 0.05) is 25.9 Å². The number of hydrogen-bond acceptors (Lipinski definition) is 8. The molecule has 10 nitrogen and oxygen atoms in total. The third-order valence-corrected chi connectivity index (χ3v) is 6.01. The van der Waals surface area contributed by atoms with E-state index in [1.54, 1.807) is 14.0 Å². The first-order valence-electron chi connectivity index (χ1n) is 10.3. The molecule has 1 fully saturated rings. The van der Waals surface area contributed by atoms with Gasteiger partial charge in [-0.25, -0.2) is 9.78 Å². The molecule has 1 atom stereocenters. The van der Waals surface area contributed by atoms with Crippen LogP contribution < -0.4 is 10.5 Å². The van der Waals surface area contributed by atoms with Crippen molar-refractivity contribution in [3.8, 4) is 11.8 Å². The number of imidazole rings is 1. The Morgan fingerprint density at radius 3 is 2.38 bits per heavy atom. The van der Waals surface area contributed by atoms with E-state index in [1.165, 1.54) is 22.7 Å². The van der Waals surface area contributed by atoms with E-state index in [-0.39, 0.29) is 17.9 Å². The van der Waals surface area contributed by atoms with E-state index in [4.69, 9.17) is 15.0 Å². The molecule has 14 heteroatoms. The molecule has 1 aliphatic heterocycles. The van der Waals surface area contributed by atoms with Gasteiger partial charge in [0.2, 0.25) is 5.95 Å². The van der Waals surface area contributed by atoms with Crippen molar-refractivity contribution in [1.82, 2.24) is 19.1 Å². The highest BCUT2D eigenvalue weighted by molar-refractivity contribution is 7.99. The number of aliphatic hydroxyl groups excluding tert-OH is 2. The van der Waals surface area contributed by atoms with Crippen molar-refractivity contribution in [2.75, 3.05) is 30.3 Å². The maximum Gasteiger partial charge on any atom is 0.490 e. The molecule has 2 aromatic heterocycles. The van der Waals surface area contributed by atoms with E-state index < -0.39 is 18.2 Å². The highest BCUT2D eigenvalue weighted by Gasteiger charge is 2.38. The highest BCUT2D eigenvalue weighted by atomic mass is 32.2. The van der Waals surface area contributed by atoms with Gasteiger partial charge in [0.05, 0.1) is 19.3 Å². The molecule has 0 aromatic carbocycles. The Labute approximate surface area is 197 Å². The van der Waals surface area contributed by atoms with Crippen molar-refractivity contribution in [3.05, 3.63) is 10.4 Å². The summed E-state index contributed by atoms with van der Waals surface area (Å²) in [6, 6.07) is 0. The summed E-state index contributed by atoms with van der Waals surface area (Å²) in [5.74, 6) is 4.16. The molecular formula is C20H26F3N5O5S. The Balaban J connectivity index is 0.000000509. The van der Waals surface area contributed by atoms with Crippen molar-refractivity contribution in [2.24, 2.45) is 7.05 Å². The van der Waals surface area contributed by atoms with Crippen molar-refractivity contribution in [2.45, 2.75) is 50.2 Å². The van der Waals surface area contributed by atoms with Crippen molar-refractivity contribution in [1.29, 1.82) is 0 Å². The monoisotopic (exact) mass is 505 g/mol. The van der Waals surface area contributed by atoms with Crippen molar-refractivity contribution in [3.63, 3.8) is 0 Å². The summed E-state index contributed by atoms with van der Waals surface area (Å²) in [4.78, 5) is 33.3. The Bertz CT molecular complexity index is 1120. The maximum absolute atomic E-state index is 13.0. The second kappa shape index (κ2) is 12.1. The molecule has 34 heavy (non-hydrogen) atoms. The fraction of sp³-hybridized carbons (Fsp3) is 0.600. The van der Waals surface area contributed by atoms with Gasteiger partial charge >= 0.3 is 12.1 Å². The van der Waals surface area contributed by atoms with Crippen LogP contribution in [0.2, 0.25) is 0 Å². The molecule has 0 amide bonds. The van der Waals surface area contributed by atoms with E-state index in [0.29, 0.717) is 22.9 Å². The van der Waals surface area contributed by atoms with Gasteiger partial charge in [-0.2, -0.15) is 18.2 Å². The minimum atomic E-state index is -5.08. The van der Waals surface area contributed by atoms with Crippen LogP contribution in [0.3, 0.4) is 0 Å². The van der Waals surface area contributed by atoms with Gasteiger partial charge in [-0.3, -0.25) is 13.9 Å². The van der Waals surface area contributed by atoms with Crippen LogP contribution in [-0.4, -0.2) is 78.1 Å². The molecule has 3 rings (SSSR count). The fourth-order valence-corrected chi connectivity index (χ4v) is 4.00.